The molecule has 6 aromatic carbocycles. The molecule has 28 heteroatoms. The Labute approximate surface area is 672 Å². The maximum absolute atomic E-state index is 13.9. The number of carboxylic acid groups (broad SMARTS) is 4. The third kappa shape index (κ3) is 15.6. The Balaban J connectivity index is 0.000000146. The van der Waals surface area contributed by atoms with E-state index in [-0.39, 0.29) is 71.2 Å². The average Bonchev–Trinajstić information content (AvgIpc) is 0.850. The molecule has 3 aliphatic carbocycles. The van der Waals surface area contributed by atoms with Crippen molar-refractivity contribution in [2.45, 2.75) is 84.2 Å². The molecule has 0 saturated carbocycles. The molecule has 0 radical (unpaired) electrons. The lowest BCUT2D eigenvalue weighted by Gasteiger charge is -2.25. The lowest BCUT2D eigenvalue weighted by Crippen LogP contribution is -2.44. The van der Waals surface area contributed by atoms with Crippen LogP contribution in [-0.4, -0.2) is 179 Å². The van der Waals surface area contributed by atoms with Crippen molar-refractivity contribution in [2.24, 2.45) is 0 Å². The van der Waals surface area contributed by atoms with Crippen LogP contribution in [0.15, 0.2) is 177 Å². The Morgan fingerprint density at radius 1 is 0.373 bits per heavy atom. The van der Waals surface area contributed by atoms with Gasteiger partial charge in [-0.05, 0) is 171 Å². The van der Waals surface area contributed by atoms with Crippen LogP contribution in [0.4, 0.5) is 0 Å². The van der Waals surface area contributed by atoms with E-state index in [1.807, 2.05) is 186 Å². The van der Waals surface area contributed by atoms with E-state index >= 15 is 0 Å². The molecule has 6 aromatic rings. The quantitative estimate of drug-likeness (QED) is 0.0473. The number of benzene rings is 9. The summed E-state index contributed by atoms with van der Waals surface area (Å²) in [6, 6.07) is 44.9. The second-order valence-corrected chi connectivity index (χ2v) is 30.0. The molecule has 2 unspecified atom stereocenters. The SMILES string of the molecule is Cc1ccc2c(-c3cc(C(=O)N4CCCC4C(=O)O)ccc3C(=O)O)c3ccc(=[N+](C)C)cc-3oc2c1.Cc1ccc2c(-c3cc(C(=O)N4CCCC4C(=O)ON4C(=O)CCC4=O)ccc3C(=O)O)c3ccc(=[N+](C)C)cc-3oc2c1.Cc1ccc2c(-c3cc(C(=O)ON4C(=O)CCC4=O)ccc3C(=O)O)c3ccc(=[N+](C)C)cc-3oc2c1. The van der Waals surface area contributed by atoms with Crippen LogP contribution >= 0.6 is 0 Å². The van der Waals surface area contributed by atoms with Crippen LogP contribution in [0, 0.1) is 20.8 Å². The number of nitrogens with zero attached hydrogens (tertiary/aromatic N) is 7. The summed E-state index contributed by atoms with van der Waals surface area (Å²) in [6.07, 6.45) is 1.66. The van der Waals surface area contributed by atoms with Crippen molar-refractivity contribution < 1.29 is 101 Å². The van der Waals surface area contributed by atoms with Gasteiger partial charge in [-0.25, -0.2) is 42.5 Å². The standard InChI is InChI=1S/C33H29N3O8.C29H26N2O6.C28H22N2O7/c1-18-6-9-22-26(15-18)43-27-17-20(34(2)3)8-11-23(27)30(22)24-16-19(7-10-21(24)32(40)41)31(39)35-14-4-5-25(35)33(42)44-36-28(37)12-13-29(36)38;1-16-6-9-20-24(13-16)37-25-15-18(30(2)3)8-11-21(25)26(20)22-14-17(7-10-19(22)28(33)34)27(32)31-12-4-5-23(31)29(35)36;1-15-4-7-19-22(12-15)36-23-14-17(29(2)3)6-9-20(23)26(19)21-13-16(5-8-18(21)27(33)34)28(35)37-30-24(31)10-11-25(30)32/h6-11,15-17,25H,4-5,12-14H2,1-3H3;6-11,13-15,23H,4-5,12H2,1-3H3,(H-,33,34,35,36);4-9,12-14H,10-11H2,1-3H3/p+3. The molecule has 0 aromatic heterocycles. The van der Waals surface area contributed by atoms with Crippen molar-refractivity contribution in [3.8, 4) is 67.4 Å². The third-order valence-electron chi connectivity index (χ3n) is 21.4. The van der Waals surface area contributed by atoms with E-state index < -0.39 is 83.3 Å². The second kappa shape index (κ2) is 32.4. The number of hydroxylamine groups is 4. The molecule has 598 valence electrons. The lowest BCUT2D eigenvalue weighted by molar-refractivity contribution is -0.200. The summed E-state index contributed by atoms with van der Waals surface area (Å²) in [5.41, 5.74) is 9.84. The van der Waals surface area contributed by atoms with Gasteiger partial charge < -0.3 is 53.2 Å². The topological polar surface area (TPSA) is 366 Å². The van der Waals surface area contributed by atoms with Gasteiger partial charge in [-0.3, -0.25) is 28.8 Å². The number of imide groups is 2. The third-order valence-corrected chi connectivity index (χ3v) is 21.4. The summed E-state index contributed by atoms with van der Waals surface area (Å²) in [5, 5.41) is 45.6. The van der Waals surface area contributed by atoms with E-state index in [0.29, 0.717) is 137 Å². The van der Waals surface area contributed by atoms with Crippen molar-refractivity contribution in [1.82, 2.24) is 33.7 Å². The number of likely N-dealkylation sites (tertiary alicyclic amines) is 2. The molecule has 2 atom stereocenters. The van der Waals surface area contributed by atoms with Crippen LogP contribution in [0.3, 0.4) is 0 Å². The summed E-state index contributed by atoms with van der Waals surface area (Å²) >= 11 is 0. The van der Waals surface area contributed by atoms with Gasteiger partial charge in [0.15, 0.2) is 0 Å². The summed E-state index contributed by atoms with van der Waals surface area (Å²) in [4.78, 5) is 163. The number of hydrogen-bond donors (Lipinski definition) is 4. The number of aryl methyl sites for hydroxylation is 3. The number of aliphatic carboxylic acids is 1. The molecule has 118 heavy (non-hydrogen) atoms. The van der Waals surface area contributed by atoms with Gasteiger partial charge in [0.2, 0.25) is 16.1 Å². The number of carboxylic acids is 4. The van der Waals surface area contributed by atoms with Gasteiger partial charge in [0.25, 0.3) is 35.4 Å². The molecule has 4 N–H and O–H groups in total. The summed E-state index contributed by atoms with van der Waals surface area (Å²) < 4.78 is 24.6. The highest BCUT2D eigenvalue weighted by molar-refractivity contribution is 6.13. The smallest absolute Gasteiger partial charge is 0.363 e. The van der Waals surface area contributed by atoms with E-state index in [1.54, 1.807) is 6.07 Å². The molecule has 0 bridgehead atoms. The fourth-order valence-corrected chi connectivity index (χ4v) is 15.3. The van der Waals surface area contributed by atoms with E-state index in [1.165, 1.54) is 58.3 Å². The minimum Gasteiger partial charge on any atom is -0.480 e. The minimum absolute atomic E-state index is 0.00366. The van der Waals surface area contributed by atoms with Crippen LogP contribution < -0.4 is 29.8 Å². The number of carbonyl (C=O) groups is 12. The van der Waals surface area contributed by atoms with Crippen LogP contribution in [0.2, 0.25) is 0 Å². The van der Waals surface area contributed by atoms with Crippen LogP contribution in [0.5, 0.6) is 0 Å². The zero-order valence-electron chi connectivity index (χ0n) is 65.7. The van der Waals surface area contributed by atoms with Gasteiger partial charge in [-0.2, -0.15) is 0 Å². The molecule has 7 aliphatic heterocycles. The molecule has 16 rings (SSSR count). The Bertz CT molecular complexity index is 6440. The van der Waals surface area contributed by atoms with Crippen molar-refractivity contribution >= 4 is 104 Å². The summed E-state index contributed by atoms with van der Waals surface area (Å²) in [5.74, 6) is -7.99. The molecular weight excluding hydrogens is 1520 g/mol. The number of rotatable bonds is 13. The first-order valence-electron chi connectivity index (χ1n) is 37.9. The van der Waals surface area contributed by atoms with E-state index in [0.717, 1.165) is 32.8 Å². The van der Waals surface area contributed by atoms with Crippen molar-refractivity contribution in [3.63, 3.8) is 0 Å². The Morgan fingerprint density at radius 3 is 1.03 bits per heavy atom. The number of fused-ring (bicyclic) bond motifs is 6. The zero-order valence-corrected chi connectivity index (χ0v) is 65.7. The van der Waals surface area contributed by atoms with Crippen molar-refractivity contribution in [1.29, 1.82) is 0 Å². The Hall–Kier alpha value is -14.6. The maximum atomic E-state index is 13.9. The van der Waals surface area contributed by atoms with Crippen LogP contribution in [0.25, 0.3) is 100 Å². The molecule has 28 nitrogen and oxygen atoms in total. The predicted molar refractivity (Wildman–Crippen MR) is 431 cm³/mol. The van der Waals surface area contributed by atoms with E-state index in [9.17, 15) is 78.0 Å². The largest absolute Gasteiger partial charge is 0.480 e. The number of aromatic carboxylic acids is 3. The van der Waals surface area contributed by atoms with Crippen molar-refractivity contribution in [2.75, 3.05) is 55.4 Å². The highest BCUT2D eigenvalue weighted by Gasteiger charge is 2.42. The summed E-state index contributed by atoms with van der Waals surface area (Å²) in [7, 11) is 11.5. The van der Waals surface area contributed by atoms with Crippen molar-refractivity contribution in [3.05, 3.63) is 230 Å². The summed E-state index contributed by atoms with van der Waals surface area (Å²) in [6.45, 7) is 6.40. The lowest BCUT2D eigenvalue weighted by atomic mass is 9.89. The van der Waals surface area contributed by atoms with E-state index in [4.69, 9.17) is 22.9 Å². The maximum Gasteiger partial charge on any atom is 0.363 e. The van der Waals surface area contributed by atoms with Gasteiger partial charge in [0.1, 0.15) is 88.4 Å². The molecule has 0 spiro atoms. The van der Waals surface area contributed by atoms with Gasteiger partial charge >= 0.3 is 35.8 Å². The monoisotopic (exact) mass is 1590 g/mol. The van der Waals surface area contributed by atoms with Gasteiger partial charge in [-0.15, -0.1) is 10.1 Å². The molecule has 6 amide bonds. The Morgan fingerprint density at radius 2 is 0.695 bits per heavy atom. The highest BCUT2D eigenvalue weighted by Crippen LogP contribution is 2.46. The fraction of sp³-hybridized carbons (Fsp3) is 0.233. The molecule has 7 heterocycles. The molecule has 10 aliphatic rings. The minimum atomic E-state index is -1.18. The van der Waals surface area contributed by atoms with Gasteiger partial charge in [0.05, 0.1) is 40.5 Å². The first-order chi connectivity index (χ1) is 56.3. The zero-order chi connectivity index (χ0) is 84.1. The normalized spacial score (nSPS) is 15.2. The molecule has 4 fully saturated rings. The van der Waals surface area contributed by atoms with Gasteiger partial charge in [0, 0.05) is 118 Å². The molecule has 4 saturated heterocycles. The number of amides is 6. The van der Waals surface area contributed by atoms with Crippen LogP contribution in [-0.2, 0) is 38.4 Å². The number of hydrogen-bond acceptors (Lipinski definition) is 17. The number of carbonyl (C=O) groups excluding carboxylic acids is 8. The first kappa shape index (κ1) is 80.1. The molecular formula is C90H80N7O21+3. The van der Waals surface area contributed by atoms with Crippen LogP contribution in [0.1, 0.15) is 130 Å². The Kier molecular flexibility index (Phi) is 22.0. The average molecular weight is 1600 g/mol. The fourth-order valence-electron chi connectivity index (χ4n) is 15.3. The highest BCUT2D eigenvalue weighted by atomic mass is 16.7. The van der Waals surface area contributed by atoms with Gasteiger partial charge in [-0.1, -0.05) is 36.4 Å². The second-order valence-electron chi connectivity index (χ2n) is 30.0. The van der Waals surface area contributed by atoms with E-state index in [2.05, 4.69) is 0 Å². The first-order valence-corrected chi connectivity index (χ1v) is 37.9. The predicted octanol–water partition coefficient (Wildman–Crippen LogP) is 10.9.